The fraction of sp³-hybridized carbons (Fsp3) is 0.239. The summed E-state index contributed by atoms with van der Waals surface area (Å²) in [4.78, 5) is 62.9. The van der Waals surface area contributed by atoms with Gasteiger partial charge >= 0.3 is 23.9 Å². The molecule has 0 aliphatic carbocycles. The van der Waals surface area contributed by atoms with E-state index in [0.29, 0.717) is 35.5 Å². The maximum absolute atomic E-state index is 12.7. The number of Topliss-reactive ketones (excluding diaryl/α,β-unsaturated/α-hetero) is 1. The Morgan fingerprint density at radius 3 is 1.24 bits per heavy atom. The van der Waals surface area contributed by atoms with Gasteiger partial charge in [0.1, 0.15) is 23.0 Å². The zero-order valence-electron chi connectivity index (χ0n) is 31.3. The van der Waals surface area contributed by atoms with Crippen molar-refractivity contribution in [2.45, 2.75) is 72.1 Å². The fourth-order valence-corrected chi connectivity index (χ4v) is 5.76. The van der Waals surface area contributed by atoms with Gasteiger partial charge in [-0.05, 0) is 122 Å². The second-order valence-electron chi connectivity index (χ2n) is 13.1. The van der Waals surface area contributed by atoms with E-state index < -0.39 is 23.9 Å². The lowest BCUT2D eigenvalue weighted by Crippen LogP contribution is -2.13. The Hall–Kier alpha value is -6.35. The summed E-state index contributed by atoms with van der Waals surface area (Å²) < 4.78 is 22.0. The van der Waals surface area contributed by atoms with Gasteiger partial charge < -0.3 is 18.9 Å². The summed E-state index contributed by atoms with van der Waals surface area (Å²) >= 11 is 0. The highest BCUT2D eigenvalue weighted by molar-refractivity contribution is 5.98. The van der Waals surface area contributed by atoms with Crippen molar-refractivity contribution >= 4 is 29.7 Å². The van der Waals surface area contributed by atoms with Crippen LogP contribution in [0.3, 0.4) is 0 Å². The molecule has 0 aliphatic rings. The smallest absolute Gasteiger partial charge is 0.343 e. The van der Waals surface area contributed by atoms with Crippen molar-refractivity contribution in [2.24, 2.45) is 0 Å². The highest BCUT2D eigenvalue weighted by atomic mass is 16.5. The molecule has 0 aromatic heterocycles. The first kappa shape index (κ1) is 39.8. The minimum absolute atomic E-state index is 0.0354. The van der Waals surface area contributed by atoms with E-state index in [9.17, 15) is 24.0 Å². The summed E-state index contributed by atoms with van der Waals surface area (Å²) in [7, 11) is 0. The molecule has 0 radical (unpaired) electrons. The predicted molar refractivity (Wildman–Crippen MR) is 208 cm³/mol. The zero-order chi connectivity index (χ0) is 39.2. The average Bonchev–Trinajstić information content (AvgIpc) is 3.18. The van der Waals surface area contributed by atoms with Gasteiger partial charge in [0.15, 0.2) is 5.78 Å². The Labute approximate surface area is 321 Å². The molecule has 0 atom stereocenters. The molecule has 9 nitrogen and oxygen atoms in total. The molecule has 0 saturated heterocycles. The third-order valence-electron chi connectivity index (χ3n) is 8.75. The SMILES string of the molecule is CCCc1ccc(C(=O)Oc2ccc(CCC(=O)Oc3ccc(OC(=O)CCc4ccc(OC(=O)c5ccc(CCC)cc5)cc4)c(C(C)=O)c3)cc2)cc1. The molecule has 0 N–H and O–H groups in total. The van der Waals surface area contributed by atoms with E-state index in [2.05, 4.69) is 13.8 Å². The number of ether oxygens (including phenoxy) is 4. The van der Waals surface area contributed by atoms with Gasteiger partial charge in [0.25, 0.3) is 0 Å². The normalized spacial score (nSPS) is 10.7. The van der Waals surface area contributed by atoms with Gasteiger partial charge in [-0.15, -0.1) is 0 Å². The maximum Gasteiger partial charge on any atom is 0.343 e. The number of hydrogen-bond donors (Lipinski definition) is 0. The number of benzene rings is 5. The summed E-state index contributed by atoms with van der Waals surface area (Å²) in [6, 6.07) is 32.8. The molecule has 0 unspecified atom stereocenters. The Kier molecular flexibility index (Phi) is 14.2. The summed E-state index contributed by atoms with van der Waals surface area (Å²) in [5.74, 6) is -1.32. The van der Waals surface area contributed by atoms with Crippen molar-refractivity contribution in [1.29, 1.82) is 0 Å². The molecule has 0 aliphatic heterocycles. The van der Waals surface area contributed by atoms with E-state index >= 15 is 0 Å². The standard InChI is InChI=1S/C46H44O9/c1-4-6-32-8-18-36(19-9-32)45(50)53-38-22-12-34(13-23-38)16-28-43(48)52-40-26-27-42(41(30-40)31(3)47)55-44(49)29-17-35-14-24-39(25-15-35)54-46(51)37-20-10-33(7-5-2)11-21-37/h8-15,18-27,30H,4-7,16-17,28-29H2,1-3H3. The first-order valence-corrected chi connectivity index (χ1v) is 18.5. The van der Waals surface area contributed by atoms with E-state index in [1.54, 1.807) is 72.8 Å². The monoisotopic (exact) mass is 740 g/mol. The molecule has 55 heavy (non-hydrogen) atoms. The third kappa shape index (κ3) is 12.1. The van der Waals surface area contributed by atoms with Crippen LogP contribution in [0.5, 0.6) is 23.0 Å². The number of hydrogen-bond acceptors (Lipinski definition) is 9. The predicted octanol–water partition coefficient (Wildman–Crippen LogP) is 9.31. The van der Waals surface area contributed by atoms with E-state index in [4.69, 9.17) is 18.9 Å². The van der Waals surface area contributed by atoms with Gasteiger partial charge in [0.2, 0.25) is 0 Å². The van der Waals surface area contributed by atoms with E-state index in [-0.39, 0.29) is 35.7 Å². The number of rotatable bonds is 17. The molecule has 0 saturated carbocycles. The minimum Gasteiger partial charge on any atom is -0.426 e. The van der Waals surface area contributed by atoms with Crippen LogP contribution in [0.4, 0.5) is 0 Å². The molecule has 282 valence electrons. The average molecular weight is 741 g/mol. The van der Waals surface area contributed by atoms with E-state index in [0.717, 1.165) is 42.4 Å². The molecular weight excluding hydrogens is 696 g/mol. The quantitative estimate of drug-likeness (QED) is 0.0521. The van der Waals surface area contributed by atoms with Crippen molar-refractivity contribution < 1.29 is 42.9 Å². The van der Waals surface area contributed by atoms with Crippen LogP contribution in [0.25, 0.3) is 0 Å². The van der Waals surface area contributed by atoms with Gasteiger partial charge in [0.05, 0.1) is 16.7 Å². The Bertz CT molecular complexity index is 2100. The lowest BCUT2D eigenvalue weighted by atomic mass is 10.1. The second-order valence-corrected chi connectivity index (χ2v) is 13.1. The Morgan fingerprint density at radius 1 is 0.436 bits per heavy atom. The zero-order valence-corrected chi connectivity index (χ0v) is 31.3. The number of aryl methyl sites for hydroxylation is 4. The van der Waals surface area contributed by atoms with Gasteiger partial charge in [-0.3, -0.25) is 14.4 Å². The lowest BCUT2D eigenvalue weighted by Gasteiger charge is -2.11. The van der Waals surface area contributed by atoms with Crippen molar-refractivity contribution in [3.63, 3.8) is 0 Å². The Morgan fingerprint density at radius 2 is 0.818 bits per heavy atom. The number of ketones is 1. The van der Waals surface area contributed by atoms with Gasteiger partial charge in [-0.2, -0.15) is 0 Å². The van der Waals surface area contributed by atoms with Gasteiger partial charge in [-0.25, -0.2) is 9.59 Å². The largest absolute Gasteiger partial charge is 0.426 e. The number of carbonyl (C=O) groups excluding carboxylic acids is 5. The van der Waals surface area contributed by atoms with Gasteiger partial charge in [0, 0.05) is 12.8 Å². The molecule has 0 fully saturated rings. The summed E-state index contributed by atoms with van der Waals surface area (Å²) in [6.45, 7) is 5.53. The first-order valence-electron chi connectivity index (χ1n) is 18.5. The van der Waals surface area contributed by atoms with Crippen LogP contribution in [-0.4, -0.2) is 29.7 Å². The van der Waals surface area contributed by atoms with Crippen LogP contribution >= 0.6 is 0 Å². The van der Waals surface area contributed by atoms with Crippen LogP contribution in [0.1, 0.15) is 99.8 Å². The molecular formula is C46H44O9. The molecule has 5 aromatic carbocycles. The van der Waals surface area contributed by atoms with Crippen LogP contribution in [0.2, 0.25) is 0 Å². The highest BCUT2D eigenvalue weighted by Gasteiger charge is 2.17. The van der Waals surface area contributed by atoms with Crippen molar-refractivity contribution in [3.8, 4) is 23.0 Å². The fourth-order valence-electron chi connectivity index (χ4n) is 5.76. The summed E-state index contributed by atoms with van der Waals surface area (Å²) in [6.07, 6.45) is 4.79. The second kappa shape index (κ2) is 19.6. The van der Waals surface area contributed by atoms with Crippen molar-refractivity contribution in [2.75, 3.05) is 0 Å². The van der Waals surface area contributed by atoms with Gasteiger partial charge in [-0.1, -0.05) is 75.2 Å². The minimum atomic E-state index is -0.545. The molecule has 0 amide bonds. The van der Waals surface area contributed by atoms with E-state index in [1.165, 1.54) is 30.7 Å². The molecule has 0 bridgehead atoms. The lowest BCUT2D eigenvalue weighted by molar-refractivity contribution is -0.135. The van der Waals surface area contributed by atoms with Crippen LogP contribution in [0, 0.1) is 0 Å². The number of esters is 4. The van der Waals surface area contributed by atoms with Crippen molar-refractivity contribution in [1.82, 2.24) is 0 Å². The van der Waals surface area contributed by atoms with Crippen LogP contribution in [0.15, 0.2) is 115 Å². The summed E-state index contributed by atoms with van der Waals surface area (Å²) in [5, 5.41) is 0. The molecule has 0 heterocycles. The highest BCUT2D eigenvalue weighted by Crippen LogP contribution is 2.26. The van der Waals surface area contributed by atoms with E-state index in [1.807, 2.05) is 24.3 Å². The topological polar surface area (TPSA) is 122 Å². The maximum atomic E-state index is 12.7. The third-order valence-corrected chi connectivity index (χ3v) is 8.75. The molecule has 5 aromatic rings. The van der Waals surface area contributed by atoms with Crippen molar-refractivity contribution in [3.05, 3.63) is 154 Å². The Balaban J connectivity index is 1.06. The molecule has 0 spiro atoms. The first-order chi connectivity index (χ1) is 26.6. The number of carbonyl (C=O) groups is 5. The molecule has 9 heteroatoms. The van der Waals surface area contributed by atoms with Crippen LogP contribution in [-0.2, 0) is 35.3 Å². The summed E-state index contributed by atoms with van der Waals surface area (Å²) in [5.41, 5.74) is 5.04. The molecule has 5 rings (SSSR count). The van der Waals surface area contributed by atoms with Crippen LogP contribution < -0.4 is 18.9 Å².